The molecule has 0 aliphatic carbocycles. The second-order valence-electron chi connectivity index (χ2n) is 4.19. The van der Waals surface area contributed by atoms with Gasteiger partial charge in [-0.05, 0) is 37.1 Å². The van der Waals surface area contributed by atoms with E-state index in [4.69, 9.17) is 9.84 Å². The summed E-state index contributed by atoms with van der Waals surface area (Å²) in [4.78, 5) is 14.0. The van der Waals surface area contributed by atoms with E-state index in [1.54, 1.807) is 7.11 Å². The highest BCUT2D eigenvalue weighted by molar-refractivity contribution is 5.92. The highest BCUT2D eigenvalue weighted by atomic mass is 16.5. The lowest BCUT2D eigenvalue weighted by atomic mass is 10.1. The van der Waals surface area contributed by atoms with Gasteiger partial charge in [-0.3, -0.25) is 4.79 Å². The number of aliphatic carboxylic acids is 1. The minimum Gasteiger partial charge on any atom is -0.495 e. The Morgan fingerprint density at radius 3 is 2.71 bits per heavy atom. The SMILES string of the molecule is COc1cc(C)cc2c(CC(=O)O)c(C)[nH]c12. The zero-order valence-electron chi connectivity index (χ0n) is 10.1. The fraction of sp³-hybridized carbons (Fsp3) is 0.308. The van der Waals surface area contributed by atoms with Crippen LogP contribution in [0.5, 0.6) is 5.75 Å². The normalized spacial score (nSPS) is 10.8. The molecule has 0 aliphatic rings. The van der Waals surface area contributed by atoms with Crippen molar-refractivity contribution in [3.8, 4) is 5.75 Å². The first kappa shape index (κ1) is 11.5. The number of nitrogens with one attached hydrogen (secondary N) is 1. The average molecular weight is 233 g/mol. The van der Waals surface area contributed by atoms with Gasteiger partial charge < -0.3 is 14.8 Å². The van der Waals surface area contributed by atoms with Crippen LogP contribution in [0.4, 0.5) is 0 Å². The van der Waals surface area contributed by atoms with Crippen LogP contribution in [0.3, 0.4) is 0 Å². The van der Waals surface area contributed by atoms with E-state index in [2.05, 4.69) is 4.98 Å². The molecule has 17 heavy (non-hydrogen) atoms. The number of aromatic nitrogens is 1. The number of aryl methyl sites for hydroxylation is 2. The Bertz CT molecular complexity index is 584. The van der Waals surface area contributed by atoms with Crippen LogP contribution < -0.4 is 4.74 Å². The molecule has 0 fully saturated rings. The Balaban J connectivity index is 2.72. The zero-order chi connectivity index (χ0) is 12.6. The van der Waals surface area contributed by atoms with Crippen molar-refractivity contribution in [1.29, 1.82) is 0 Å². The summed E-state index contributed by atoms with van der Waals surface area (Å²) in [6.45, 7) is 3.85. The van der Waals surface area contributed by atoms with Crippen molar-refractivity contribution < 1.29 is 14.6 Å². The Morgan fingerprint density at radius 2 is 2.12 bits per heavy atom. The maximum Gasteiger partial charge on any atom is 0.307 e. The number of hydrogen-bond donors (Lipinski definition) is 2. The number of hydrogen-bond acceptors (Lipinski definition) is 2. The maximum atomic E-state index is 10.9. The van der Waals surface area contributed by atoms with Crippen molar-refractivity contribution in [2.75, 3.05) is 7.11 Å². The third kappa shape index (κ3) is 1.98. The molecule has 0 atom stereocenters. The van der Waals surface area contributed by atoms with Gasteiger partial charge in [0.1, 0.15) is 5.75 Å². The number of methoxy groups -OCH3 is 1. The molecule has 0 spiro atoms. The quantitative estimate of drug-likeness (QED) is 0.855. The summed E-state index contributed by atoms with van der Waals surface area (Å²) in [6.07, 6.45) is 0.0262. The van der Waals surface area contributed by atoms with Crippen LogP contribution in [0.2, 0.25) is 0 Å². The van der Waals surface area contributed by atoms with E-state index in [0.717, 1.165) is 33.5 Å². The molecule has 2 rings (SSSR count). The van der Waals surface area contributed by atoms with E-state index >= 15 is 0 Å². The summed E-state index contributed by atoms with van der Waals surface area (Å²) in [5.41, 5.74) is 3.63. The van der Waals surface area contributed by atoms with Gasteiger partial charge in [0.15, 0.2) is 0 Å². The zero-order valence-corrected chi connectivity index (χ0v) is 10.1. The summed E-state index contributed by atoms with van der Waals surface area (Å²) in [7, 11) is 1.61. The standard InChI is InChI=1S/C13H15NO3/c1-7-4-10-9(6-12(15)16)8(2)14-13(10)11(5-7)17-3/h4-5,14H,6H2,1-3H3,(H,15,16). The first-order chi connectivity index (χ1) is 8.02. The highest BCUT2D eigenvalue weighted by Gasteiger charge is 2.14. The molecule has 0 radical (unpaired) electrons. The van der Waals surface area contributed by atoms with E-state index in [0.29, 0.717) is 0 Å². The number of rotatable bonds is 3. The lowest BCUT2D eigenvalue weighted by Crippen LogP contribution is -2.00. The van der Waals surface area contributed by atoms with Crippen molar-refractivity contribution >= 4 is 16.9 Å². The molecule has 2 aromatic rings. The number of H-pyrrole nitrogens is 1. The molecular weight excluding hydrogens is 218 g/mol. The number of ether oxygens (including phenoxy) is 1. The Morgan fingerprint density at radius 1 is 1.41 bits per heavy atom. The molecule has 0 saturated heterocycles. The van der Waals surface area contributed by atoms with Crippen LogP contribution in [-0.4, -0.2) is 23.2 Å². The summed E-state index contributed by atoms with van der Waals surface area (Å²) in [5.74, 6) is -0.0748. The average Bonchev–Trinajstić information content (AvgIpc) is 2.55. The lowest BCUT2D eigenvalue weighted by molar-refractivity contribution is -0.136. The van der Waals surface area contributed by atoms with Crippen LogP contribution in [0.1, 0.15) is 16.8 Å². The van der Waals surface area contributed by atoms with Gasteiger partial charge in [0.25, 0.3) is 0 Å². The molecule has 4 heteroatoms. The number of carbonyl (C=O) groups is 1. The number of benzene rings is 1. The lowest BCUT2D eigenvalue weighted by Gasteiger charge is -2.04. The largest absolute Gasteiger partial charge is 0.495 e. The van der Waals surface area contributed by atoms with Crippen molar-refractivity contribution in [3.05, 3.63) is 29.0 Å². The number of aromatic amines is 1. The fourth-order valence-corrected chi connectivity index (χ4v) is 2.13. The van der Waals surface area contributed by atoms with E-state index in [-0.39, 0.29) is 6.42 Å². The number of carboxylic acids is 1. The third-order valence-electron chi connectivity index (χ3n) is 2.88. The molecule has 4 nitrogen and oxygen atoms in total. The summed E-state index contributed by atoms with van der Waals surface area (Å²) < 4.78 is 5.30. The van der Waals surface area contributed by atoms with E-state index < -0.39 is 5.97 Å². The second-order valence-corrected chi connectivity index (χ2v) is 4.19. The smallest absolute Gasteiger partial charge is 0.307 e. The van der Waals surface area contributed by atoms with Gasteiger partial charge in [0, 0.05) is 11.1 Å². The Labute approximate surface area is 99.2 Å². The minimum atomic E-state index is -0.825. The minimum absolute atomic E-state index is 0.0262. The molecule has 0 unspecified atom stereocenters. The van der Waals surface area contributed by atoms with Gasteiger partial charge in [0.05, 0.1) is 19.0 Å². The van der Waals surface area contributed by atoms with E-state index in [9.17, 15) is 4.79 Å². The Kier molecular flexibility index (Phi) is 2.79. The predicted molar refractivity (Wildman–Crippen MR) is 65.7 cm³/mol. The van der Waals surface area contributed by atoms with Gasteiger partial charge in [0.2, 0.25) is 0 Å². The van der Waals surface area contributed by atoms with Crippen LogP contribution in [0, 0.1) is 13.8 Å². The molecule has 1 aromatic heterocycles. The monoisotopic (exact) mass is 233 g/mol. The molecular formula is C13H15NO3. The predicted octanol–water partition coefficient (Wildman–Crippen LogP) is 2.42. The molecule has 90 valence electrons. The molecule has 1 aromatic carbocycles. The van der Waals surface area contributed by atoms with Gasteiger partial charge in [-0.15, -0.1) is 0 Å². The third-order valence-corrected chi connectivity index (χ3v) is 2.88. The maximum absolute atomic E-state index is 10.9. The van der Waals surface area contributed by atoms with Crippen molar-refractivity contribution in [2.24, 2.45) is 0 Å². The van der Waals surface area contributed by atoms with Gasteiger partial charge >= 0.3 is 5.97 Å². The van der Waals surface area contributed by atoms with Crippen LogP contribution in [0.25, 0.3) is 10.9 Å². The molecule has 0 amide bonds. The molecule has 2 N–H and O–H groups in total. The summed E-state index contributed by atoms with van der Waals surface area (Å²) in [5, 5.41) is 9.85. The summed E-state index contributed by atoms with van der Waals surface area (Å²) in [6, 6.07) is 3.92. The second kappa shape index (κ2) is 4.13. The highest BCUT2D eigenvalue weighted by Crippen LogP contribution is 2.31. The van der Waals surface area contributed by atoms with Crippen molar-refractivity contribution in [3.63, 3.8) is 0 Å². The van der Waals surface area contributed by atoms with Gasteiger partial charge in [-0.1, -0.05) is 0 Å². The van der Waals surface area contributed by atoms with Crippen LogP contribution in [0.15, 0.2) is 12.1 Å². The first-order valence-electron chi connectivity index (χ1n) is 5.40. The topological polar surface area (TPSA) is 62.3 Å². The molecule has 0 aliphatic heterocycles. The van der Waals surface area contributed by atoms with Gasteiger partial charge in [-0.25, -0.2) is 0 Å². The van der Waals surface area contributed by atoms with Crippen LogP contribution in [-0.2, 0) is 11.2 Å². The first-order valence-corrected chi connectivity index (χ1v) is 5.40. The van der Waals surface area contributed by atoms with Crippen molar-refractivity contribution in [1.82, 2.24) is 4.98 Å². The summed E-state index contributed by atoms with van der Waals surface area (Å²) >= 11 is 0. The number of fused-ring (bicyclic) bond motifs is 1. The number of carboxylic acid groups (broad SMARTS) is 1. The molecule has 0 bridgehead atoms. The van der Waals surface area contributed by atoms with E-state index in [1.165, 1.54) is 0 Å². The fourth-order valence-electron chi connectivity index (χ4n) is 2.13. The van der Waals surface area contributed by atoms with Gasteiger partial charge in [-0.2, -0.15) is 0 Å². The van der Waals surface area contributed by atoms with E-state index in [1.807, 2.05) is 26.0 Å². The van der Waals surface area contributed by atoms with Crippen molar-refractivity contribution in [2.45, 2.75) is 20.3 Å². The van der Waals surface area contributed by atoms with Crippen LogP contribution >= 0.6 is 0 Å². The molecule has 1 heterocycles. The Hall–Kier alpha value is -1.97. The molecule has 0 saturated carbocycles.